The van der Waals surface area contributed by atoms with Crippen molar-refractivity contribution >= 4 is 0 Å². The van der Waals surface area contributed by atoms with Crippen LogP contribution in [0, 0.1) is 12.3 Å². The quantitative estimate of drug-likeness (QED) is 0.607. The smallest absolute Gasteiger partial charge is 0.0558 e. The minimum atomic E-state index is 0.280. The summed E-state index contributed by atoms with van der Waals surface area (Å²) in [6.07, 6.45) is 7.29. The van der Waals surface area contributed by atoms with E-state index in [0.29, 0.717) is 6.04 Å². The van der Waals surface area contributed by atoms with Crippen molar-refractivity contribution in [1.29, 1.82) is 0 Å². The van der Waals surface area contributed by atoms with Crippen LogP contribution in [-0.4, -0.2) is 25.8 Å². The first-order chi connectivity index (χ1) is 5.74. The van der Waals surface area contributed by atoms with Crippen molar-refractivity contribution in [1.82, 2.24) is 5.32 Å². The summed E-state index contributed by atoms with van der Waals surface area (Å²) < 4.78 is 5.16. The van der Waals surface area contributed by atoms with Crippen molar-refractivity contribution in [3.8, 4) is 12.3 Å². The molecule has 0 spiro atoms. The molecule has 12 heavy (non-hydrogen) atoms. The minimum absolute atomic E-state index is 0.280. The molecule has 2 heteroatoms. The van der Waals surface area contributed by atoms with Crippen molar-refractivity contribution in [2.75, 3.05) is 13.7 Å². The van der Waals surface area contributed by atoms with Gasteiger partial charge in [-0.05, 0) is 19.9 Å². The van der Waals surface area contributed by atoms with Crippen molar-refractivity contribution in [2.45, 2.75) is 38.8 Å². The zero-order valence-electron chi connectivity index (χ0n) is 8.26. The summed E-state index contributed by atoms with van der Waals surface area (Å²) in [5.41, 5.74) is 0. The summed E-state index contributed by atoms with van der Waals surface area (Å²) in [6, 6.07) is 0.398. The number of methoxy groups -OCH3 is 1. The van der Waals surface area contributed by atoms with Gasteiger partial charge in [0, 0.05) is 19.6 Å². The van der Waals surface area contributed by atoms with Crippen LogP contribution in [0.5, 0.6) is 0 Å². The molecule has 1 N–H and O–H groups in total. The van der Waals surface area contributed by atoms with E-state index in [1.807, 2.05) is 0 Å². The van der Waals surface area contributed by atoms with Gasteiger partial charge < -0.3 is 10.1 Å². The van der Waals surface area contributed by atoms with Gasteiger partial charge in [0.2, 0.25) is 0 Å². The van der Waals surface area contributed by atoms with Gasteiger partial charge in [0.1, 0.15) is 0 Å². The van der Waals surface area contributed by atoms with Gasteiger partial charge >= 0.3 is 0 Å². The molecule has 0 saturated heterocycles. The number of terminal acetylenes is 1. The Bertz CT molecular complexity index is 139. The highest BCUT2D eigenvalue weighted by molar-refractivity contribution is 4.90. The fraction of sp³-hybridized carbons (Fsp3) is 0.800. The molecule has 0 rings (SSSR count). The lowest BCUT2D eigenvalue weighted by atomic mass is 10.1. The fourth-order valence-electron chi connectivity index (χ4n) is 1.17. The van der Waals surface area contributed by atoms with Crippen LogP contribution < -0.4 is 5.32 Å². The molecule has 2 unspecified atom stereocenters. The molecule has 0 aliphatic rings. The number of ether oxygens (including phenoxy) is 1. The molecular weight excluding hydrogens is 150 g/mol. The van der Waals surface area contributed by atoms with E-state index in [9.17, 15) is 0 Å². The average Bonchev–Trinajstić information content (AvgIpc) is 2.05. The molecule has 2 nitrogen and oxygen atoms in total. The monoisotopic (exact) mass is 169 g/mol. The zero-order valence-corrected chi connectivity index (χ0v) is 8.26. The Balaban J connectivity index is 3.70. The van der Waals surface area contributed by atoms with Gasteiger partial charge in [-0.2, -0.15) is 0 Å². The minimum Gasteiger partial charge on any atom is -0.382 e. The second-order valence-corrected chi connectivity index (χ2v) is 2.94. The van der Waals surface area contributed by atoms with E-state index in [2.05, 4.69) is 25.1 Å². The van der Waals surface area contributed by atoms with E-state index < -0.39 is 0 Å². The SMILES string of the molecule is C#CCC(CC(C)OC)NCC. The van der Waals surface area contributed by atoms with Crippen molar-refractivity contribution in [2.24, 2.45) is 0 Å². The normalized spacial score (nSPS) is 15.2. The van der Waals surface area contributed by atoms with Gasteiger partial charge in [0.15, 0.2) is 0 Å². The largest absolute Gasteiger partial charge is 0.382 e. The highest BCUT2D eigenvalue weighted by Crippen LogP contribution is 2.03. The van der Waals surface area contributed by atoms with Crippen LogP contribution in [0.4, 0.5) is 0 Å². The van der Waals surface area contributed by atoms with Crippen LogP contribution in [0.2, 0.25) is 0 Å². The molecule has 0 aromatic heterocycles. The molecule has 0 fully saturated rings. The third-order valence-electron chi connectivity index (χ3n) is 1.88. The molecule has 2 atom stereocenters. The first kappa shape index (κ1) is 11.5. The molecule has 0 aliphatic heterocycles. The van der Waals surface area contributed by atoms with Crippen molar-refractivity contribution < 1.29 is 4.74 Å². The van der Waals surface area contributed by atoms with E-state index in [-0.39, 0.29) is 6.10 Å². The van der Waals surface area contributed by atoms with Crippen LogP contribution in [-0.2, 0) is 4.74 Å². The molecule has 0 heterocycles. The molecular formula is C10H19NO. The molecule has 0 aliphatic carbocycles. The third-order valence-corrected chi connectivity index (χ3v) is 1.88. The van der Waals surface area contributed by atoms with Gasteiger partial charge in [-0.1, -0.05) is 6.92 Å². The van der Waals surface area contributed by atoms with Gasteiger partial charge in [0.05, 0.1) is 6.10 Å². The predicted molar refractivity (Wildman–Crippen MR) is 52.0 cm³/mol. The maximum atomic E-state index is 5.25. The highest BCUT2D eigenvalue weighted by atomic mass is 16.5. The molecule has 0 aromatic carbocycles. The van der Waals surface area contributed by atoms with E-state index in [0.717, 1.165) is 19.4 Å². The third kappa shape index (κ3) is 5.17. The lowest BCUT2D eigenvalue weighted by molar-refractivity contribution is 0.101. The number of hydrogen-bond donors (Lipinski definition) is 1. The Kier molecular flexibility index (Phi) is 6.84. The fourth-order valence-corrected chi connectivity index (χ4v) is 1.17. The van der Waals surface area contributed by atoms with Crippen LogP contribution in [0.15, 0.2) is 0 Å². The molecule has 0 bridgehead atoms. The summed E-state index contributed by atoms with van der Waals surface area (Å²) in [4.78, 5) is 0. The van der Waals surface area contributed by atoms with E-state index in [4.69, 9.17) is 11.2 Å². The van der Waals surface area contributed by atoms with E-state index >= 15 is 0 Å². The number of hydrogen-bond acceptors (Lipinski definition) is 2. The topological polar surface area (TPSA) is 21.3 Å². The molecule has 0 aromatic rings. The standard InChI is InChI=1S/C10H19NO/c1-5-7-10(11-6-2)8-9(3)12-4/h1,9-11H,6-8H2,2-4H3. The molecule has 0 radical (unpaired) electrons. The first-order valence-electron chi connectivity index (χ1n) is 4.44. The Morgan fingerprint density at radius 3 is 2.67 bits per heavy atom. The number of nitrogens with one attached hydrogen (secondary N) is 1. The maximum Gasteiger partial charge on any atom is 0.0558 e. The van der Waals surface area contributed by atoms with Crippen LogP contribution >= 0.6 is 0 Å². The maximum absolute atomic E-state index is 5.25. The Morgan fingerprint density at radius 2 is 2.25 bits per heavy atom. The zero-order chi connectivity index (χ0) is 9.40. The van der Waals surface area contributed by atoms with Crippen LogP contribution in [0.3, 0.4) is 0 Å². The van der Waals surface area contributed by atoms with Gasteiger partial charge in [-0.25, -0.2) is 0 Å². The molecule has 0 amide bonds. The summed E-state index contributed by atoms with van der Waals surface area (Å²) in [7, 11) is 1.73. The molecule has 70 valence electrons. The Morgan fingerprint density at radius 1 is 1.58 bits per heavy atom. The second kappa shape index (κ2) is 7.15. The van der Waals surface area contributed by atoms with Gasteiger partial charge in [-0.15, -0.1) is 12.3 Å². The second-order valence-electron chi connectivity index (χ2n) is 2.94. The summed E-state index contributed by atoms with van der Waals surface area (Å²) in [6.45, 7) is 5.10. The van der Waals surface area contributed by atoms with Crippen LogP contribution in [0.25, 0.3) is 0 Å². The Labute approximate surface area is 75.7 Å². The van der Waals surface area contributed by atoms with Crippen molar-refractivity contribution in [3.05, 3.63) is 0 Å². The lowest BCUT2D eigenvalue weighted by Gasteiger charge is -2.18. The predicted octanol–water partition coefficient (Wildman–Crippen LogP) is 1.41. The van der Waals surface area contributed by atoms with Crippen LogP contribution in [0.1, 0.15) is 26.7 Å². The summed E-state index contributed by atoms with van der Waals surface area (Å²) >= 11 is 0. The molecule has 0 saturated carbocycles. The summed E-state index contributed by atoms with van der Waals surface area (Å²) in [5.74, 6) is 2.66. The number of rotatable bonds is 6. The Hall–Kier alpha value is -0.520. The van der Waals surface area contributed by atoms with E-state index in [1.165, 1.54) is 0 Å². The first-order valence-corrected chi connectivity index (χ1v) is 4.44. The van der Waals surface area contributed by atoms with E-state index in [1.54, 1.807) is 7.11 Å². The summed E-state index contributed by atoms with van der Waals surface area (Å²) in [5, 5.41) is 3.33. The van der Waals surface area contributed by atoms with Crippen molar-refractivity contribution in [3.63, 3.8) is 0 Å². The average molecular weight is 169 g/mol. The highest BCUT2D eigenvalue weighted by Gasteiger charge is 2.09. The lowest BCUT2D eigenvalue weighted by Crippen LogP contribution is -2.32. The van der Waals surface area contributed by atoms with Gasteiger partial charge in [0.25, 0.3) is 0 Å². The van der Waals surface area contributed by atoms with Gasteiger partial charge in [-0.3, -0.25) is 0 Å².